The van der Waals surface area contributed by atoms with Gasteiger partial charge in [0.25, 0.3) is 5.91 Å². The molecule has 1 heterocycles. The molecule has 1 unspecified atom stereocenters. The molecule has 1 atom stereocenters. The highest BCUT2D eigenvalue weighted by atomic mass is 35.5. The molecule has 0 spiro atoms. The monoisotopic (exact) mass is 353 g/mol. The molecular weight excluding hydrogens is 330 g/mol. The van der Waals surface area contributed by atoms with Gasteiger partial charge in [0.2, 0.25) is 5.91 Å². The SMILES string of the molecule is Cc1c(Cl)cccc1OCC(=O)N1CCCC(C(=O)NCCN)C1. The zero-order valence-corrected chi connectivity index (χ0v) is 14.6. The average molecular weight is 354 g/mol. The number of likely N-dealkylation sites (tertiary alicyclic amines) is 1. The second-order valence-electron chi connectivity index (χ2n) is 5.91. The summed E-state index contributed by atoms with van der Waals surface area (Å²) in [6.07, 6.45) is 1.59. The van der Waals surface area contributed by atoms with Crippen molar-refractivity contribution in [3.05, 3.63) is 28.8 Å². The largest absolute Gasteiger partial charge is 0.483 e. The first-order chi connectivity index (χ1) is 11.5. The van der Waals surface area contributed by atoms with Crippen LogP contribution in [-0.4, -0.2) is 49.5 Å². The highest BCUT2D eigenvalue weighted by Crippen LogP contribution is 2.25. The van der Waals surface area contributed by atoms with Crippen molar-refractivity contribution in [3.8, 4) is 5.75 Å². The van der Waals surface area contributed by atoms with Crippen molar-refractivity contribution >= 4 is 23.4 Å². The Balaban J connectivity index is 1.87. The second-order valence-corrected chi connectivity index (χ2v) is 6.32. The number of rotatable bonds is 6. The van der Waals surface area contributed by atoms with Crippen LogP contribution < -0.4 is 15.8 Å². The van der Waals surface area contributed by atoms with E-state index in [1.165, 1.54) is 0 Å². The predicted molar refractivity (Wildman–Crippen MR) is 93.1 cm³/mol. The number of nitrogens with one attached hydrogen (secondary N) is 1. The molecule has 3 N–H and O–H groups in total. The van der Waals surface area contributed by atoms with Crippen LogP contribution in [0.2, 0.25) is 5.02 Å². The molecular formula is C17H24ClN3O3. The Labute approximate surface area is 147 Å². The lowest BCUT2D eigenvalue weighted by Crippen LogP contribution is -2.47. The molecule has 0 bridgehead atoms. The van der Waals surface area contributed by atoms with Crippen LogP contribution in [-0.2, 0) is 9.59 Å². The number of nitrogens with two attached hydrogens (primary N) is 1. The Hall–Kier alpha value is -1.79. The predicted octanol–water partition coefficient (Wildman–Crippen LogP) is 1.34. The Kier molecular flexibility index (Phi) is 6.87. The molecule has 1 aliphatic heterocycles. The molecule has 0 saturated carbocycles. The molecule has 7 heteroatoms. The van der Waals surface area contributed by atoms with Gasteiger partial charge in [0.15, 0.2) is 6.61 Å². The Bertz CT molecular complexity index is 594. The van der Waals surface area contributed by atoms with E-state index in [0.717, 1.165) is 18.4 Å². The van der Waals surface area contributed by atoms with Gasteiger partial charge in [0.1, 0.15) is 5.75 Å². The lowest BCUT2D eigenvalue weighted by molar-refractivity contribution is -0.137. The van der Waals surface area contributed by atoms with Crippen molar-refractivity contribution < 1.29 is 14.3 Å². The smallest absolute Gasteiger partial charge is 0.260 e. The van der Waals surface area contributed by atoms with Gasteiger partial charge in [-0.15, -0.1) is 0 Å². The third-order valence-electron chi connectivity index (χ3n) is 4.16. The van der Waals surface area contributed by atoms with Gasteiger partial charge in [0, 0.05) is 36.8 Å². The first-order valence-electron chi connectivity index (χ1n) is 8.16. The molecule has 1 aliphatic rings. The standard InChI is InChI=1S/C17H24ClN3O3/c1-12-14(18)5-2-6-15(12)24-11-16(22)21-9-3-4-13(10-21)17(23)20-8-7-19/h2,5-6,13H,3-4,7-11,19H2,1H3,(H,20,23). The zero-order chi connectivity index (χ0) is 17.5. The molecule has 2 amide bonds. The van der Waals surface area contributed by atoms with Gasteiger partial charge < -0.3 is 20.7 Å². The third kappa shape index (κ3) is 4.85. The molecule has 1 fully saturated rings. The molecule has 0 radical (unpaired) electrons. The van der Waals surface area contributed by atoms with Gasteiger partial charge in [-0.05, 0) is 31.9 Å². The number of nitrogens with zero attached hydrogens (tertiary/aromatic N) is 1. The van der Waals surface area contributed by atoms with E-state index in [1.54, 1.807) is 23.1 Å². The van der Waals surface area contributed by atoms with Crippen LogP contribution in [0.3, 0.4) is 0 Å². The Morgan fingerprint density at radius 3 is 3.00 bits per heavy atom. The van der Waals surface area contributed by atoms with E-state index < -0.39 is 0 Å². The summed E-state index contributed by atoms with van der Waals surface area (Å²) < 4.78 is 5.60. The summed E-state index contributed by atoms with van der Waals surface area (Å²) >= 11 is 6.04. The molecule has 132 valence electrons. The molecule has 1 aromatic carbocycles. The van der Waals surface area contributed by atoms with Gasteiger partial charge in [-0.2, -0.15) is 0 Å². The lowest BCUT2D eigenvalue weighted by Gasteiger charge is -2.32. The summed E-state index contributed by atoms with van der Waals surface area (Å²) in [6.45, 7) is 3.73. The summed E-state index contributed by atoms with van der Waals surface area (Å²) in [4.78, 5) is 26.1. The van der Waals surface area contributed by atoms with Gasteiger partial charge in [-0.25, -0.2) is 0 Å². The van der Waals surface area contributed by atoms with Gasteiger partial charge in [0.05, 0.1) is 5.92 Å². The molecule has 0 aromatic heterocycles. The summed E-state index contributed by atoms with van der Waals surface area (Å²) in [5.74, 6) is 0.266. The Morgan fingerprint density at radius 2 is 2.25 bits per heavy atom. The number of hydrogen-bond acceptors (Lipinski definition) is 4. The number of hydrogen-bond donors (Lipinski definition) is 2. The minimum Gasteiger partial charge on any atom is -0.483 e. The fraction of sp³-hybridized carbons (Fsp3) is 0.529. The fourth-order valence-electron chi connectivity index (χ4n) is 2.73. The van der Waals surface area contributed by atoms with Crippen molar-refractivity contribution in [1.29, 1.82) is 0 Å². The molecule has 2 rings (SSSR count). The molecule has 1 aromatic rings. The highest BCUT2D eigenvalue weighted by Gasteiger charge is 2.28. The first-order valence-corrected chi connectivity index (χ1v) is 8.54. The number of amides is 2. The molecule has 0 aliphatic carbocycles. The van der Waals surface area contributed by atoms with Crippen molar-refractivity contribution in [3.63, 3.8) is 0 Å². The van der Waals surface area contributed by atoms with Gasteiger partial charge in [-0.3, -0.25) is 9.59 Å². The number of piperidine rings is 1. The van der Waals surface area contributed by atoms with E-state index in [1.807, 2.05) is 6.92 Å². The number of ether oxygens (including phenoxy) is 1. The van der Waals surface area contributed by atoms with Crippen molar-refractivity contribution in [2.75, 3.05) is 32.8 Å². The van der Waals surface area contributed by atoms with Crippen molar-refractivity contribution in [2.24, 2.45) is 11.7 Å². The summed E-state index contributed by atoms with van der Waals surface area (Å²) in [5.41, 5.74) is 6.20. The van der Waals surface area contributed by atoms with Crippen molar-refractivity contribution in [1.82, 2.24) is 10.2 Å². The van der Waals surface area contributed by atoms with Crippen LogP contribution in [0.25, 0.3) is 0 Å². The van der Waals surface area contributed by atoms with Gasteiger partial charge in [-0.1, -0.05) is 17.7 Å². The normalized spacial score (nSPS) is 17.5. The van der Waals surface area contributed by atoms with E-state index in [4.69, 9.17) is 22.1 Å². The van der Waals surface area contributed by atoms with Crippen molar-refractivity contribution in [2.45, 2.75) is 19.8 Å². The van der Waals surface area contributed by atoms with Crippen LogP contribution in [0.4, 0.5) is 0 Å². The van der Waals surface area contributed by atoms with E-state index in [2.05, 4.69) is 5.32 Å². The van der Waals surface area contributed by atoms with E-state index in [9.17, 15) is 9.59 Å². The van der Waals surface area contributed by atoms with Crippen LogP contribution in [0.1, 0.15) is 18.4 Å². The average Bonchev–Trinajstić information content (AvgIpc) is 2.60. The topological polar surface area (TPSA) is 84.7 Å². The van der Waals surface area contributed by atoms with E-state index in [-0.39, 0.29) is 24.3 Å². The third-order valence-corrected chi connectivity index (χ3v) is 4.57. The van der Waals surface area contributed by atoms with Crippen LogP contribution in [0, 0.1) is 12.8 Å². The minimum atomic E-state index is -0.179. The molecule has 24 heavy (non-hydrogen) atoms. The summed E-state index contributed by atoms with van der Waals surface area (Å²) in [5, 5.41) is 3.39. The summed E-state index contributed by atoms with van der Waals surface area (Å²) in [6, 6.07) is 5.35. The summed E-state index contributed by atoms with van der Waals surface area (Å²) in [7, 11) is 0. The highest BCUT2D eigenvalue weighted by molar-refractivity contribution is 6.31. The maximum atomic E-state index is 12.4. The molecule has 1 saturated heterocycles. The second kappa shape index (κ2) is 8.89. The first kappa shape index (κ1) is 18.5. The lowest BCUT2D eigenvalue weighted by atomic mass is 9.97. The van der Waals surface area contributed by atoms with Crippen LogP contribution in [0.5, 0.6) is 5.75 Å². The van der Waals surface area contributed by atoms with E-state index >= 15 is 0 Å². The minimum absolute atomic E-state index is 0.0374. The number of benzene rings is 1. The van der Waals surface area contributed by atoms with E-state index in [0.29, 0.717) is 37.0 Å². The number of halogens is 1. The maximum absolute atomic E-state index is 12.4. The van der Waals surface area contributed by atoms with Gasteiger partial charge >= 0.3 is 0 Å². The van der Waals surface area contributed by atoms with Crippen LogP contribution >= 0.6 is 11.6 Å². The quantitative estimate of drug-likeness (QED) is 0.808. The molecule has 6 nitrogen and oxygen atoms in total. The number of carbonyl (C=O) groups excluding carboxylic acids is 2. The number of carbonyl (C=O) groups is 2. The fourth-order valence-corrected chi connectivity index (χ4v) is 2.90. The zero-order valence-electron chi connectivity index (χ0n) is 13.9. The Morgan fingerprint density at radius 1 is 1.46 bits per heavy atom. The maximum Gasteiger partial charge on any atom is 0.260 e. The van der Waals surface area contributed by atoms with Crippen LogP contribution in [0.15, 0.2) is 18.2 Å².